The standard InChI is InChI=1S/C48H30/c1-3-12-35-27-39(23-17-31(35)9-1)47-42-15-7-8-16-43(42)48(40-24-18-32-10-2-4-13-36(32)28-40)46-30-38(25-26-44(46)47)37-22-21-34-20-19-33-11-5-6-14-41(33)45(34)29-37/h1-30H. The van der Waals surface area contributed by atoms with Gasteiger partial charge in [0.05, 0.1) is 0 Å². The van der Waals surface area contributed by atoms with Gasteiger partial charge in [-0.15, -0.1) is 0 Å². The second kappa shape index (κ2) is 10.7. The Morgan fingerprint density at radius 3 is 1.19 bits per heavy atom. The van der Waals surface area contributed by atoms with Crippen molar-refractivity contribution < 1.29 is 0 Å². The summed E-state index contributed by atoms with van der Waals surface area (Å²) in [6.45, 7) is 0. The summed E-state index contributed by atoms with van der Waals surface area (Å²) < 4.78 is 0. The summed E-state index contributed by atoms with van der Waals surface area (Å²) in [7, 11) is 0. The molecule has 0 aromatic heterocycles. The number of fused-ring (bicyclic) bond motifs is 7. The van der Waals surface area contributed by atoms with Gasteiger partial charge in [-0.25, -0.2) is 0 Å². The van der Waals surface area contributed by atoms with Crippen LogP contribution in [0.2, 0.25) is 0 Å². The molecule has 0 unspecified atom stereocenters. The lowest BCUT2D eigenvalue weighted by atomic mass is 9.84. The lowest BCUT2D eigenvalue weighted by molar-refractivity contribution is 1.66. The molecule has 10 aromatic carbocycles. The van der Waals surface area contributed by atoms with Crippen molar-refractivity contribution in [1.29, 1.82) is 0 Å². The summed E-state index contributed by atoms with van der Waals surface area (Å²) in [5.41, 5.74) is 7.49. The molecule has 0 radical (unpaired) electrons. The van der Waals surface area contributed by atoms with E-state index in [-0.39, 0.29) is 0 Å². The largest absolute Gasteiger partial charge is 0.0616 e. The van der Waals surface area contributed by atoms with Crippen LogP contribution in [-0.4, -0.2) is 0 Å². The molecule has 0 amide bonds. The molecule has 0 aliphatic rings. The second-order valence-electron chi connectivity index (χ2n) is 12.9. The van der Waals surface area contributed by atoms with E-state index in [2.05, 4.69) is 182 Å². The fraction of sp³-hybridized carbons (Fsp3) is 0. The molecular formula is C48H30. The highest BCUT2D eigenvalue weighted by molar-refractivity contribution is 6.22. The third-order valence-corrected chi connectivity index (χ3v) is 10.2. The maximum Gasteiger partial charge on any atom is -0.00259 e. The van der Waals surface area contributed by atoms with E-state index < -0.39 is 0 Å². The fourth-order valence-electron chi connectivity index (χ4n) is 7.85. The molecule has 0 fully saturated rings. The van der Waals surface area contributed by atoms with Crippen molar-refractivity contribution in [2.75, 3.05) is 0 Å². The molecule has 0 N–H and O–H groups in total. The van der Waals surface area contributed by atoms with Crippen LogP contribution in [-0.2, 0) is 0 Å². The quantitative estimate of drug-likeness (QED) is 0.139. The first-order valence-electron chi connectivity index (χ1n) is 16.7. The van der Waals surface area contributed by atoms with Crippen molar-refractivity contribution in [3.63, 3.8) is 0 Å². The Balaban J connectivity index is 1.30. The van der Waals surface area contributed by atoms with Gasteiger partial charge in [-0.2, -0.15) is 0 Å². The Bertz CT molecular complexity index is 2890. The zero-order valence-electron chi connectivity index (χ0n) is 26.3. The van der Waals surface area contributed by atoms with Crippen molar-refractivity contribution >= 4 is 64.6 Å². The third-order valence-electron chi connectivity index (χ3n) is 10.2. The Hall–Kier alpha value is -6.24. The maximum atomic E-state index is 2.43. The van der Waals surface area contributed by atoms with Crippen molar-refractivity contribution in [2.24, 2.45) is 0 Å². The summed E-state index contributed by atoms with van der Waals surface area (Å²) in [6.07, 6.45) is 0. The molecule has 0 spiro atoms. The summed E-state index contributed by atoms with van der Waals surface area (Å²) in [5, 5.41) is 15.2. The number of hydrogen-bond acceptors (Lipinski definition) is 0. The first kappa shape index (κ1) is 26.9. The SMILES string of the molecule is c1ccc2cc(-c3c4ccccc4c(-c4ccc5ccccc5c4)c4cc(-c5ccc6ccc7ccccc7c6c5)ccc34)ccc2c1. The second-order valence-corrected chi connectivity index (χ2v) is 12.9. The van der Waals surface area contributed by atoms with E-state index in [4.69, 9.17) is 0 Å². The maximum absolute atomic E-state index is 2.43. The molecule has 0 heterocycles. The summed E-state index contributed by atoms with van der Waals surface area (Å²) in [4.78, 5) is 0. The predicted molar refractivity (Wildman–Crippen MR) is 208 cm³/mol. The molecule has 0 atom stereocenters. The van der Waals surface area contributed by atoms with Crippen LogP contribution in [0.15, 0.2) is 182 Å². The smallest absolute Gasteiger partial charge is 0.00259 e. The molecule has 0 bridgehead atoms. The monoisotopic (exact) mass is 606 g/mol. The Morgan fingerprint density at radius 1 is 0.188 bits per heavy atom. The van der Waals surface area contributed by atoms with E-state index in [1.165, 1.54) is 98.0 Å². The van der Waals surface area contributed by atoms with Gasteiger partial charge in [0.15, 0.2) is 0 Å². The first-order chi connectivity index (χ1) is 23.8. The van der Waals surface area contributed by atoms with Crippen LogP contribution in [0.5, 0.6) is 0 Å². The van der Waals surface area contributed by atoms with Crippen LogP contribution in [0, 0.1) is 0 Å². The minimum atomic E-state index is 1.22. The molecule has 0 heteroatoms. The van der Waals surface area contributed by atoms with E-state index in [1.54, 1.807) is 0 Å². The van der Waals surface area contributed by atoms with Crippen LogP contribution in [0.1, 0.15) is 0 Å². The fourth-order valence-corrected chi connectivity index (χ4v) is 7.85. The van der Waals surface area contributed by atoms with Crippen LogP contribution in [0.25, 0.3) is 98.0 Å². The summed E-state index contributed by atoms with van der Waals surface area (Å²) in [6, 6.07) is 67.3. The van der Waals surface area contributed by atoms with Gasteiger partial charge in [-0.05, 0) is 122 Å². The summed E-state index contributed by atoms with van der Waals surface area (Å²) >= 11 is 0. The van der Waals surface area contributed by atoms with Crippen molar-refractivity contribution in [1.82, 2.24) is 0 Å². The third kappa shape index (κ3) is 4.24. The minimum Gasteiger partial charge on any atom is -0.0616 e. The number of hydrogen-bond donors (Lipinski definition) is 0. The van der Waals surface area contributed by atoms with E-state index in [0.717, 1.165) is 0 Å². The normalized spacial score (nSPS) is 11.8. The van der Waals surface area contributed by atoms with E-state index >= 15 is 0 Å². The Kier molecular flexibility index (Phi) is 5.98. The highest BCUT2D eigenvalue weighted by Crippen LogP contribution is 2.46. The van der Waals surface area contributed by atoms with Crippen molar-refractivity contribution in [2.45, 2.75) is 0 Å². The van der Waals surface area contributed by atoms with Crippen molar-refractivity contribution in [3.8, 4) is 33.4 Å². The van der Waals surface area contributed by atoms with Gasteiger partial charge in [0.1, 0.15) is 0 Å². The average molecular weight is 607 g/mol. The van der Waals surface area contributed by atoms with Gasteiger partial charge < -0.3 is 0 Å². The molecular weight excluding hydrogens is 577 g/mol. The molecule has 0 nitrogen and oxygen atoms in total. The number of rotatable bonds is 3. The molecule has 10 aromatic rings. The van der Waals surface area contributed by atoms with Gasteiger partial charge in [0, 0.05) is 0 Å². The Morgan fingerprint density at radius 2 is 0.562 bits per heavy atom. The van der Waals surface area contributed by atoms with Gasteiger partial charge in [-0.3, -0.25) is 0 Å². The molecule has 222 valence electrons. The van der Waals surface area contributed by atoms with Gasteiger partial charge in [0.2, 0.25) is 0 Å². The highest BCUT2D eigenvalue weighted by atomic mass is 14.2. The topological polar surface area (TPSA) is 0 Å². The summed E-state index contributed by atoms with van der Waals surface area (Å²) in [5.74, 6) is 0. The average Bonchev–Trinajstić information content (AvgIpc) is 3.16. The minimum absolute atomic E-state index is 1.22. The molecule has 0 saturated heterocycles. The van der Waals surface area contributed by atoms with Crippen LogP contribution < -0.4 is 0 Å². The van der Waals surface area contributed by atoms with E-state index in [1.807, 2.05) is 0 Å². The predicted octanol–water partition coefficient (Wildman–Crippen LogP) is 13.6. The van der Waals surface area contributed by atoms with Gasteiger partial charge in [-0.1, -0.05) is 158 Å². The van der Waals surface area contributed by atoms with E-state index in [0.29, 0.717) is 0 Å². The zero-order valence-corrected chi connectivity index (χ0v) is 26.3. The van der Waals surface area contributed by atoms with Gasteiger partial charge >= 0.3 is 0 Å². The van der Waals surface area contributed by atoms with Crippen LogP contribution in [0.4, 0.5) is 0 Å². The highest BCUT2D eigenvalue weighted by Gasteiger charge is 2.18. The molecule has 0 aliphatic carbocycles. The van der Waals surface area contributed by atoms with E-state index in [9.17, 15) is 0 Å². The zero-order chi connectivity index (χ0) is 31.6. The van der Waals surface area contributed by atoms with Crippen LogP contribution >= 0.6 is 0 Å². The van der Waals surface area contributed by atoms with Crippen molar-refractivity contribution in [3.05, 3.63) is 182 Å². The lowest BCUT2D eigenvalue weighted by Gasteiger charge is -2.19. The van der Waals surface area contributed by atoms with Gasteiger partial charge in [0.25, 0.3) is 0 Å². The first-order valence-corrected chi connectivity index (χ1v) is 16.7. The molecule has 10 rings (SSSR count). The van der Waals surface area contributed by atoms with Crippen LogP contribution in [0.3, 0.4) is 0 Å². The molecule has 0 saturated carbocycles. The lowest BCUT2D eigenvalue weighted by Crippen LogP contribution is -1.92. The number of benzene rings is 10. The molecule has 48 heavy (non-hydrogen) atoms. The molecule has 0 aliphatic heterocycles. The Labute approximate surface area is 279 Å².